The molecule has 0 saturated carbocycles. The average Bonchev–Trinajstić information content (AvgIpc) is 2.97. The van der Waals surface area contributed by atoms with E-state index in [1.165, 1.54) is 6.92 Å². The molecule has 1 heterocycles. The molecule has 6 nitrogen and oxygen atoms in total. The Kier molecular flexibility index (Phi) is 3.19. The molecule has 2 aromatic carbocycles. The molecule has 0 aliphatic carbocycles. The van der Waals surface area contributed by atoms with Crippen LogP contribution < -0.4 is 5.73 Å². The van der Waals surface area contributed by atoms with E-state index >= 15 is 0 Å². The summed E-state index contributed by atoms with van der Waals surface area (Å²) in [5, 5.41) is 11.8. The van der Waals surface area contributed by atoms with Gasteiger partial charge < -0.3 is 5.73 Å². The van der Waals surface area contributed by atoms with E-state index in [1.54, 1.807) is 35.0 Å². The van der Waals surface area contributed by atoms with Crippen molar-refractivity contribution in [3.05, 3.63) is 54.1 Å². The first-order valence-corrected chi connectivity index (χ1v) is 6.41. The summed E-state index contributed by atoms with van der Waals surface area (Å²) in [5.41, 5.74) is 8.57. The molecule has 0 aliphatic heterocycles. The molecule has 0 bridgehead atoms. The van der Waals surface area contributed by atoms with E-state index in [1.807, 2.05) is 18.2 Å². The van der Waals surface area contributed by atoms with Crippen molar-refractivity contribution in [3.63, 3.8) is 0 Å². The molecule has 21 heavy (non-hydrogen) atoms. The fourth-order valence-corrected chi connectivity index (χ4v) is 2.03. The maximum Gasteiger partial charge on any atom is 0.187 e. The maximum absolute atomic E-state index is 11.5. The number of Topliss-reactive ketones (excluding diaryl/α,β-unsaturated/α-hetero) is 1. The van der Waals surface area contributed by atoms with E-state index in [9.17, 15) is 4.79 Å². The lowest BCUT2D eigenvalue weighted by atomic mass is 10.1. The number of ketones is 1. The second kappa shape index (κ2) is 5.16. The predicted octanol–water partition coefficient (Wildman–Crippen LogP) is 2.11. The highest BCUT2D eigenvalue weighted by Gasteiger charge is 2.11. The summed E-state index contributed by atoms with van der Waals surface area (Å²) in [4.78, 5) is 11.5. The van der Waals surface area contributed by atoms with E-state index in [2.05, 4.69) is 15.5 Å². The minimum atomic E-state index is -0.000964. The minimum Gasteiger partial charge on any atom is -0.399 e. The number of aromatic nitrogens is 4. The Hall–Kier alpha value is -3.02. The molecule has 0 amide bonds. The van der Waals surface area contributed by atoms with E-state index in [4.69, 9.17) is 5.73 Å². The molecule has 104 valence electrons. The van der Waals surface area contributed by atoms with Crippen LogP contribution in [0.1, 0.15) is 17.3 Å². The first-order chi connectivity index (χ1) is 10.1. The van der Waals surface area contributed by atoms with Crippen molar-refractivity contribution in [2.45, 2.75) is 6.92 Å². The van der Waals surface area contributed by atoms with Crippen LogP contribution in [0.25, 0.3) is 17.1 Å². The highest BCUT2D eigenvalue weighted by molar-refractivity contribution is 5.94. The quantitative estimate of drug-likeness (QED) is 0.586. The molecule has 0 atom stereocenters. The third-order valence-corrected chi connectivity index (χ3v) is 3.14. The molecule has 3 aromatic rings. The van der Waals surface area contributed by atoms with Crippen LogP contribution in [0, 0.1) is 0 Å². The monoisotopic (exact) mass is 279 g/mol. The number of rotatable bonds is 3. The largest absolute Gasteiger partial charge is 0.399 e. The summed E-state index contributed by atoms with van der Waals surface area (Å²) >= 11 is 0. The Morgan fingerprint density at radius 2 is 1.90 bits per heavy atom. The van der Waals surface area contributed by atoms with Gasteiger partial charge in [0.1, 0.15) is 0 Å². The highest BCUT2D eigenvalue weighted by atomic mass is 16.1. The van der Waals surface area contributed by atoms with Crippen LogP contribution >= 0.6 is 0 Å². The van der Waals surface area contributed by atoms with Gasteiger partial charge in [-0.25, -0.2) is 0 Å². The van der Waals surface area contributed by atoms with Gasteiger partial charge in [-0.05, 0) is 53.7 Å². The standard InChI is InChI=1S/C15H13N5O/c1-10(21)12-3-2-4-14(9-12)20-15(17-18-19-20)11-5-7-13(16)8-6-11/h2-9H,16H2,1H3. The summed E-state index contributed by atoms with van der Waals surface area (Å²) in [7, 11) is 0. The van der Waals surface area contributed by atoms with Crippen molar-refractivity contribution in [3.8, 4) is 17.1 Å². The number of benzene rings is 2. The summed E-state index contributed by atoms with van der Waals surface area (Å²) in [6.45, 7) is 1.53. The number of nitrogens with zero attached hydrogens (tertiary/aromatic N) is 4. The van der Waals surface area contributed by atoms with Crippen LogP contribution in [-0.4, -0.2) is 26.0 Å². The minimum absolute atomic E-state index is 0.000964. The molecule has 0 fully saturated rings. The second-order valence-corrected chi connectivity index (χ2v) is 4.64. The lowest BCUT2D eigenvalue weighted by molar-refractivity contribution is 0.101. The van der Waals surface area contributed by atoms with Crippen LogP contribution in [0.15, 0.2) is 48.5 Å². The van der Waals surface area contributed by atoms with Gasteiger partial charge in [0.15, 0.2) is 11.6 Å². The second-order valence-electron chi connectivity index (χ2n) is 4.64. The van der Waals surface area contributed by atoms with Crippen LogP contribution in [0.4, 0.5) is 5.69 Å². The molecule has 0 saturated heterocycles. The molecule has 0 aliphatic rings. The zero-order chi connectivity index (χ0) is 14.8. The fourth-order valence-electron chi connectivity index (χ4n) is 2.03. The van der Waals surface area contributed by atoms with E-state index in [0.29, 0.717) is 17.1 Å². The fraction of sp³-hybridized carbons (Fsp3) is 0.0667. The molecular weight excluding hydrogens is 266 g/mol. The summed E-state index contributed by atoms with van der Waals surface area (Å²) in [6, 6.07) is 14.5. The topological polar surface area (TPSA) is 86.7 Å². The number of anilines is 1. The third kappa shape index (κ3) is 2.51. The van der Waals surface area contributed by atoms with Crippen molar-refractivity contribution in [1.29, 1.82) is 0 Å². The van der Waals surface area contributed by atoms with Crippen LogP contribution in [-0.2, 0) is 0 Å². The highest BCUT2D eigenvalue weighted by Crippen LogP contribution is 2.21. The number of nitrogen functional groups attached to an aromatic ring is 1. The Morgan fingerprint density at radius 1 is 1.14 bits per heavy atom. The Labute approximate surface area is 121 Å². The van der Waals surface area contributed by atoms with Gasteiger partial charge >= 0.3 is 0 Å². The Balaban J connectivity index is 2.08. The number of carbonyl (C=O) groups is 1. The molecule has 0 spiro atoms. The van der Waals surface area contributed by atoms with Crippen molar-refractivity contribution in [1.82, 2.24) is 20.2 Å². The molecule has 6 heteroatoms. The van der Waals surface area contributed by atoms with Gasteiger partial charge in [-0.15, -0.1) is 5.10 Å². The average molecular weight is 279 g/mol. The number of hydrogen-bond acceptors (Lipinski definition) is 5. The maximum atomic E-state index is 11.5. The zero-order valence-corrected chi connectivity index (χ0v) is 11.4. The van der Waals surface area contributed by atoms with Crippen LogP contribution in [0.3, 0.4) is 0 Å². The van der Waals surface area contributed by atoms with Gasteiger partial charge in [0.25, 0.3) is 0 Å². The normalized spacial score (nSPS) is 10.5. The Morgan fingerprint density at radius 3 is 2.62 bits per heavy atom. The molecule has 0 unspecified atom stereocenters. The van der Waals surface area contributed by atoms with Gasteiger partial charge in [0.05, 0.1) is 5.69 Å². The van der Waals surface area contributed by atoms with Crippen molar-refractivity contribution >= 4 is 11.5 Å². The van der Waals surface area contributed by atoms with Crippen molar-refractivity contribution in [2.75, 3.05) is 5.73 Å². The molecule has 1 aromatic heterocycles. The lowest BCUT2D eigenvalue weighted by Crippen LogP contribution is -2.02. The molecular formula is C15H13N5O. The SMILES string of the molecule is CC(=O)c1cccc(-n2nnnc2-c2ccc(N)cc2)c1. The number of hydrogen-bond donors (Lipinski definition) is 1. The van der Waals surface area contributed by atoms with Gasteiger partial charge in [0.2, 0.25) is 0 Å². The molecule has 2 N–H and O–H groups in total. The van der Waals surface area contributed by atoms with Crippen LogP contribution in [0.2, 0.25) is 0 Å². The van der Waals surface area contributed by atoms with E-state index in [-0.39, 0.29) is 5.78 Å². The van der Waals surface area contributed by atoms with Crippen LogP contribution in [0.5, 0.6) is 0 Å². The van der Waals surface area contributed by atoms with E-state index in [0.717, 1.165) is 11.3 Å². The first kappa shape index (κ1) is 13.0. The number of tetrazole rings is 1. The lowest BCUT2D eigenvalue weighted by Gasteiger charge is -2.06. The predicted molar refractivity (Wildman–Crippen MR) is 79.0 cm³/mol. The smallest absolute Gasteiger partial charge is 0.187 e. The summed E-state index contributed by atoms with van der Waals surface area (Å²) < 4.78 is 1.60. The van der Waals surface area contributed by atoms with Gasteiger partial charge in [-0.1, -0.05) is 12.1 Å². The van der Waals surface area contributed by atoms with E-state index < -0.39 is 0 Å². The number of nitrogens with two attached hydrogens (primary N) is 1. The Bertz CT molecular complexity index is 792. The third-order valence-electron chi connectivity index (χ3n) is 3.14. The van der Waals surface area contributed by atoms with Crippen molar-refractivity contribution < 1.29 is 4.79 Å². The summed E-state index contributed by atoms with van der Waals surface area (Å²) in [6.07, 6.45) is 0. The molecule has 0 radical (unpaired) electrons. The number of carbonyl (C=O) groups excluding carboxylic acids is 1. The molecule has 3 rings (SSSR count). The summed E-state index contributed by atoms with van der Waals surface area (Å²) in [5.74, 6) is 0.592. The van der Waals surface area contributed by atoms with Gasteiger partial charge in [-0.2, -0.15) is 4.68 Å². The van der Waals surface area contributed by atoms with Crippen molar-refractivity contribution in [2.24, 2.45) is 0 Å². The zero-order valence-electron chi connectivity index (χ0n) is 11.4. The van der Waals surface area contributed by atoms with Gasteiger partial charge in [-0.3, -0.25) is 4.79 Å². The van der Waals surface area contributed by atoms with Gasteiger partial charge in [0, 0.05) is 16.8 Å². The first-order valence-electron chi connectivity index (χ1n) is 6.41.